The lowest BCUT2D eigenvalue weighted by molar-refractivity contribution is -0.123. The molecule has 6 nitrogen and oxygen atoms in total. The van der Waals surface area contributed by atoms with Crippen molar-refractivity contribution in [2.75, 3.05) is 11.3 Å². The molecule has 1 amide bonds. The molecule has 0 aromatic heterocycles. The second-order valence-corrected chi connectivity index (χ2v) is 8.22. The average molecular weight is 391 g/mol. The lowest BCUT2D eigenvalue weighted by atomic mass is 10.1. The average Bonchev–Trinajstić information content (AvgIpc) is 2.63. The summed E-state index contributed by atoms with van der Waals surface area (Å²) < 4.78 is 33.0. The van der Waals surface area contributed by atoms with Crippen molar-refractivity contribution in [3.05, 3.63) is 53.6 Å². The zero-order valence-corrected chi connectivity index (χ0v) is 16.9. The molecule has 0 radical (unpaired) electrons. The van der Waals surface area contributed by atoms with Gasteiger partial charge in [-0.2, -0.15) is 0 Å². The van der Waals surface area contributed by atoms with E-state index in [2.05, 4.69) is 10.0 Å². The van der Waals surface area contributed by atoms with Gasteiger partial charge in [-0.25, -0.2) is 8.42 Å². The van der Waals surface area contributed by atoms with E-state index < -0.39 is 10.0 Å². The van der Waals surface area contributed by atoms with E-state index >= 15 is 0 Å². The zero-order chi connectivity index (χ0) is 20.0. The molecule has 27 heavy (non-hydrogen) atoms. The topological polar surface area (TPSA) is 84.5 Å². The number of carbonyl (C=O) groups excluding carboxylic acids is 1. The van der Waals surface area contributed by atoms with E-state index in [0.29, 0.717) is 11.4 Å². The van der Waals surface area contributed by atoms with Gasteiger partial charge in [-0.1, -0.05) is 13.0 Å². The van der Waals surface area contributed by atoms with Gasteiger partial charge in [0.2, 0.25) is 0 Å². The summed E-state index contributed by atoms with van der Waals surface area (Å²) in [5, 5.41) is 2.80. The maximum atomic E-state index is 12.5. The first-order valence-electron chi connectivity index (χ1n) is 8.83. The monoisotopic (exact) mass is 390 g/mol. The molecule has 0 fully saturated rings. The molecule has 2 rings (SSSR count). The van der Waals surface area contributed by atoms with Crippen LogP contribution in [-0.4, -0.2) is 27.0 Å². The van der Waals surface area contributed by atoms with Crippen LogP contribution < -0.4 is 14.8 Å². The number of aryl methyl sites for hydroxylation is 2. The molecular formula is C20H26N2O4S. The maximum Gasteiger partial charge on any atom is 0.261 e. The Hall–Kier alpha value is -2.54. The fourth-order valence-corrected chi connectivity index (χ4v) is 3.35. The van der Waals surface area contributed by atoms with Gasteiger partial charge >= 0.3 is 0 Å². The third kappa shape index (κ3) is 5.99. The van der Waals surface area contributed by atoms with Gasteiger partial charge in [-0.15, -0.1) is 0 Å². The van der Waals surface area contributed by atoms with Gasteiger partial charge in [-0.3, -0.25) is 9.52 Å². The number of hydrogen-bond donors (Lipinski definition) is 2. The number of carbonyl (C=O) groups is 1. The Morgan fingerprint density at radius 3 is 2.33 bits per heavy atom. The second-order valence-electron chi connectivity index (χ2n) is 6.54. The first kappa shape index (κ1) is 20.8. The van der Waals surface area contributed by atoms with E-state index in [1.165, 1.54) is 24.3 Å². The van der Waals surface area contributed by atoms with Crippen LogP contribution in [-0.2, 0) is 14.8 Å². The van der Waals surface area contributed by atoms with Crippen molar-refractivity contribution in [3.8, 4) is 5.75 Å². The molecule has 0 aliphatic heterocycles. The maximum absolute atomic E-state index is 12.5. The van der Waals surface area contributed by atoms with Gasteiger partial charge in [-0.05, 0) is 74.7 Å². The highest BCUT2D eigenvalue weighted by atomic mass is 32.2. The number of sulfonamides is 1. The minimum Gasteiger partial charge on any atom is -0.484 e. The summed E-state index contributed by atoms with van der Waals surface area (Å²) >= 11 is 0. The zero-order valence-electron chi connectivity index (χ0n) is 16.1. The van der Waals surface area contributed by atoms with Crippen molar-refractivity contribution in [1.29, 1.82) is 0 Å². The van der Waals surface area contributed by atoms with Gasteiger partial charge in [0.05, 0.1) is 4.90 Å². The summed E-state index contributed by atoms with van der Waals surface area (Å²) in [5.41, 5.74) is 2.62. The van der Waals surface area contributed by atoms with Crippen molar-refractivity contribution < 1.29 is 17.9 Å². The lowest BCUT2D eigenvalue weighted by Gasteiger charge is -2.13. The molecule has 2 aromatic rings. The summed E-state index contributed by atoms with van der Waals surface area (Å²) in [5.74, 6) is 0.219. The highest BCUT2D eigenvalue weighted by Gasteiger charge is 2.15. The van der Waals surface area contributed by atoms with Crippen molar-refractivity contribution in [1.82, 2.24) is 5.32 Å². The highest BCUT2D eigenvalue weighted by molar-refractivity contribution is 7.92. The van der Waals surface area contributed by atoms with Gasteiger partial charge in [0.1, 0.15) is 5.75 Å². The van der Waals surface area contributed by atoms with Crippen LogP contribution in [0.15, 0.2) is 47.4 Å². The first-order chi connectivity index (χ1) is 12.7. The largest absolute Gasteiger partial charge is 0.484 e. The predicted octanol–water partition coefficient (Wildman–Crippen LogP) is 3.40. The summed E-state index contributed by atoms with van der Waals surface area (Å²) in [7, 11) is -3.70. The molecule has 0 aliphatic rings. The molecular weight excluding hydrogens is 364 g/mol. The van der Waals surface area contributed by atoms with Gasteiger partial charge < -0.3 is 10.1 Å². The quantitative estimate of drug-likeness (QED) is 0.723. The van der Waals surface area contributed by atoms with Crippen LogP contribution in [0.25, 0.3) is 0 Å². The fraction of sp³-hybridized carbons (Fsp3) is 0.350. The molecule has 2 aromatic carbocycles. The Morgan fingerprint density at radius 1 is 1.07 bits per heavy atom. The van der Waals surface area contributed by atoms with E-state index in [-0.39, 0.29) is 23.5 Å². The Morgan fingerprint density at radius 2 is 1.74 bits per heavy atom. The van der Waals surface area contributed by atoms with Crippen LogP contribution in [0, 0.1) is 13.8 Å². The lowest BCUT2D eigenvalue weighted by Crippen LogP contribution is -2.35. The predicted molar refractivity (Wildman–Crippen MR) is 107 cm³/mol. The van der Waals surface area contributed by atoms with E-state index in [4.69, 9.17) is 4.74 Å². The Labute approximate surface area is 161 Å². The third-order valence-electron chi connectivity index (χ3n) is 4.28. The van der Waals surface area contributed by atoms with Crippen LogP contribution in [0.4, 0.5) is 5.69 Å². The molecule has 0 unspecified atom stereocenters. The number of nitrogens with one attached hydrogen (secondary N) is 2. The normalized spacial score (nSPS) is 12.3. The molecule has 0 heterocycles. The van der Waals surface area contributed by atoms with Crippen LogP contribution in [0.2, 0.25) is 0 Å². The number of amides is 1. The molecule has 0 saturated heterocycles. The second kappa shape index (κ2) is 8.90. The highest BCUT2D eigenvalue weighted by Crippen LogP contribution is 2.21. The van der Waals surface area contributed by atoms with Gasteiger partial charge in [0.15, 0.2) is 6.61 Å². The molecule has 0 saturated carbocycles. The van der Waals surface area contributed by atoms with Crippen molar-refractivity contribution in [2.45, 2.75) is 45.1 Å². The molecule has 0 aliphatic carbocycles. The van der Waals surface area contributed by atoms with Crippen LogP contribution >= 0.6 is 0 Å². The molecule has 0 bridgehead atoms. The summed E-state index contributed by atoms with van der Waals surface area (Å²) in [6.07, 6.45) is 0.839. The number of ether oxygens (including phenoxy) is 1. The number of benzene rings is 2. The van der Waals surface area contributed by atoms with Gasteiger partial charge in [0.25, 0.3) is 15.9 Å². The Kier molecular flexibility index (Phi) is 6.85. The summed E-state index contributed by atoms with van der Waals surface area (Å²) in [6, 6.07) is 11.4. The number of rotatable bonds is 8. The first-order valence-corrected chi connectivity index (χ1v) is 10.3. The minimum atomic E-state index is -3.70. The van der Waals surface area contributed by atoms with Crippen LogP contribution in [0.5, 0.6) is 5.75 Å². The third-order valence-corrected chi connectivity index (χ3v) is 5.68. The Bertz CT molecular complexity index is 893. The number of anilines is 1. The van der Waals surface area contributed by atoms with Crippen LogP contribution in [0.1, 0.15) is 31.4 Å². The molecule has 146 valence electrons. The summed E-state index contributed by atoms with van der Waals surface area (Å²) in [6.45, 7) is 7.68. The van der Waals surface area contributed by atoms with Gasteiger partial charge in [0, 0.05) is 11.7 Å². The van der Waals surface area contributed by atoms with E-state index in [9.17, 15) is 13.2 Å². The minimum absolute atomic E-state index is 0.0881. The molecule has 2 N–H and O–H groups in total. The van der Waals surface area contributed by atoms with Crippen molar-refractivity contribution in [2.24, 2.45) is 0 Å². The fourth-order valence-electron chi connectivity index (χ4n) is 2.30. The SMILES string of the molecule is CC[C@@H](C)NC(=O)COc1ccc(S(=O)(=O)Nc2ccc(C)c(C)c2)cc1. The Balaban J connectivity index is 2.00. The molecule has 1 atom stereocenters. The van der Waals surface area contributed by atoms with E-state index in [1.807, 2.05) is 33.8 Å². The smallest absolute Gasteiger partial charge is 0.261 e. The number of hydrogen-bond acceptors (Lipinski definition) is 4. The van der Waals surface area contributed by atoms with Crippen molar-refractivity contribution in [3.63, 3.8) is 0 Å². The van der Waals surface area contributed by atoms with Crippen LogP contribution in [0.3, 0.4) is 0 Å². The van der Waals surface area contributed by atoms with Crippen molar-refractivity contribution >= 4 is 21.6 Å². The molecule has 0 spiro atoms. The standard InChI is InChI=1S/C20H26N2O4S/c1-5-16(4)21-20(23)13-26-18-8-10-19(11-9-18)27(24,25)22-17-7-6-14(2)15(3)12-17/h6-12,16,22H,5,13H2,1-4H3,(H,21,23)/t16-/m1/s1. The van der Waals surface area contributed by atoms with E-state index in [0.717, 1.165) is 17.5 Å². The van der Waals surface area contributed by atoms with E-state index in [1.54, 1.807) is 12.1 Å². The molecule has 7 heteroatoms. The summed E-state index contributed by atoms with van der Waals surface area (Å²) in [4.78, 5) is 11.8.